The second-order valence-corrected chi connectivity index (χ2v) is 5.36. The molecule has 0 aromatic heterocycles. The van der Waals surface area contributed by atoms with E-state index < -0.39 is 5.60 Å². The second kappa shape index (κ2) is 6.36. The van der Waals surface area contributed by atoms with Gasteiger partial charge in [-0.2, -0.15) is 0 Å². The average Bonchev–Trinajstić information content (AvgIpc) is 2.29. The minimum atomic E-state index is -1.15. The molecule has 0 amide bonds. The summed E-state index contributed by atoms with van der Waals surface area (Å²) < 4.78 is 5.48. The highest BCUT2D eigenvalue weighted by molar-refractivity contribution is 5.70. The number of carbonyl (C=O) groups excluding carboxylic acids is 1. The standard InChI is InChI=1S/C13H25NO3/c1-3-10-6-4-5-7-11(10)17-12(15)8-13(2,16)9-14/h10-11,16H,3-9,14H2,1-2H3. The molecule has 1 fully saturated rings. The summed E-state index contributed by atoms with van der Waals surface area (Å²) >= 11 is 0. The van der Waals surface area contributed by atoms with Crippen LogP contribution in [0.4, 0.5) is 0 Å². The fourth-order valence-corrected chi connectivity index (χ4v) is 2.39. The molecule has 17 heavy (non-hydrogen) atoms. The highest BCUT2D eigenvalue weighted by Crippen LogP contribution is 2.29. The first kappa shape index (κ1) is 14.5. The van der Waals surface area contributed by atoms with Crippen molar-refractivity contribution in [3.05, 3.63) is 0 Å². The van der Waals surface area contributed by atoms with Gasteiger partial charge in [0.05, 0.1) is 12.0 Å². The number of nitrogens with two attached hydrogens (primary N) is 1. The highest BCUT2D eigenvalue weighted by Gasteiger charge is 2.29. The van der Waals surface area contributed by atoms with Crippen LogP contribution in [-0.4, -0.2) is 29.3 Å². The quantitative estimate of drug-likeness (QED) is 0.719. The van der Waals surface area contributed by atoms with Crippen LogP contribution in [0.15, 0.2) is 0 Å². The van der Waals surface area contributed by atoms with E-state index in [-0.39, 0.29) is 25.0 Å². The van der Waals surface area contributed by atoms with E-state index in [2.05, 4.69) is 6.92 Å². The van der Waals surface area contributed by atoms with E-state index >= 15 is 0 Å². The minimum absolute atomic E-state index is 0.0174. The Labute approximate surface area is 104 Å². The van der Waals surface area contributed by atoms with Crippen molar-refractivity contribution >= 4 is 5.97 Å². The Balaban J connectivity index is 2.44. The average molecular weight is 243 g/mol. The number of carbonyl (C=O) groups is 1. The number of esters is 1. The molecule has 0 heterocycles. The number of hydrogen-bond donors (Lipinski definition) is 2. The summed E-state index contributed by atoms with van der Waals surface area (Å²) in [6, 6.07) is 0. The molecule has 4 nitrogen and oxygen atoms in total. The Morgan fingerprint density at radius 1 is 1.47 bits per heavy atom. The summed E-state index contributed by atoms with van der Waals surface area (Å²) in [5.74, 6) is 0.154. The first-order chi connectivity index (χ1) is 7.98. The van der Waals surface area contributed by atoms with Gasteiger partial charge in [-0.15, -0.1) is 0 Å². The van der Waals surface area contributed by atoms with Crippen molar-refractivity contribution in [2.24, 2.45) is 11.7 Å². The molecular weight excluding hydrogens is 218 g/mol. The summed E-state index contributed by atoms with van der Waals surface area (Å²) in [4.78, 5) is 11.7. The normalized spacial score (nSPS) is 28.5. The molecule has 3 atom stereocenters. The molecule has 0 aliphatic heterocycles. The predicted molar refractivity (Wildman–Crippen MR) is 66.4 cm³/mol. The van der Waals surface area contributed by atoms with Gasteiger partial charge in [-0.25, -0.2) is 0 Å². The van der Waals surface area contributed by atoms with Crippen LogP contribution in [0.2, 0.25) is 0 Å². The molecule has 0 saturated heterocycles. The predicted octanol–water partition coefficient (Wildman–Crippen LogP) is 1.60. The van der Waals surface area contributed by atoms with E-state index in [1.807, 2.05) is 0 Å². The zero-order valence-corrected chi connectivity index (χ0v) is 10.9. The number of rotatable bonds is 5. The number of hydrogen-bond acceptors (Lipinski definition) is 4. The Morgan fingerprint density at radius 3 is 2.71 bits per heavy atom. The zero-order chi connectivity index (χ0) is 12.9. The van der Waals surface area contributed by atoms with Crippen LogP contribution in [0, 0.1) is 5.92 Å². The van der Waals surface area contributed by atoms with Gasteiger partial charge in [-0.1, -0.05) is 13.3 Å². The lowest BCUT2D eigenvalue weighted by Gasteiger charge is -2.31. The SMILES string of the molecule is CCC1CCCCC1OC(=O)CC(C)(O)CN. The van der Waals surface area contributed by atoms with Crippen LogP contribution < -0.4 is 5.73 Å². The fraction of sp³-hybridized carbons (Fsp3) is 0.923. The molecule has 0 aromatic carbocycles. The summed E-state index contributed by atoms with van der Waals surface area (Å²) in [6.07, 6.45) is 5.52. The van der Waals surface area contributed by atoms with Crippen molar-refractivity contribution < 1.29 is 14.6 Å². The molecule has 4 heteroatoms. The zero-order valence-electron chi connectivity index (χ0n) is 10.9. The first-order valence-electron chi connectivity index (χ1n) is 6.60. The molecule has 0 aromatic rings. The molecule has 0 bridgehead atoms. The van der Waals surface area contributed by atoms with Gasteiger partial charge >= 0.3 is 5.97 Å². The van der Waals surface area contributed by atoms with Crippen molar-refractivity contribution in [1.82, 2.24) is 0 Å². The summed E-state index contributed by atoms with van der Waals surface area (Å²) in [5, 5.41) is 9.72. The van der Waals surface area contributed by atoms with Gasteiger partial charge < -0.3 is 15.6 Å². The summed E-state index contributed by atoms with van der Waals surface area (Å²) in [6.45, 7) is 3.77. The van der Waals surface area contributed by atoms with Crippen LogP contribution in [0.3, 0.4) is 0 Å². The van der Waals surface area contributed by atoms with Crippen molar-refractivity contribution in [2.45, 2.75) is 64.1 Å². The molecule has 1 saturated carbocycles. The van der Waals surface area contributed by atoms with Crippen LogP contribution in [0.5, 0.6) is 0 Å². The van der Waals surface area contributed by atoms with Gasteiger partial charge in [0, 0.05) is 6.54 Å². The van der Waals surface area contributed by atoms with Crippen molar-refractivity contribution in [2.75, 3.05) is 6.54 Å². The summed E-state index contributed by atoms with van der Waals surface area (Å²) in [7, 11) is 0. The maximum absolute atomic E-state index is 11.7. The Kier molecular flexibility index (Phi) is 5.40. The monoisotopic (exact) mass is 243 g/mol. The van der Waals surface area contributed by atoms with Crippen LogP contribution in [0.1, 0.15) is 52.4 Å². The molecule has 0 radical (unpaired) electrons. The Morgan fingerprint density at radius 2 is 2.12 bits per heavy atom. The smallest absolute Gasteiger partial charge is 0.309 e. The number of aliphatic hydroxyl groups is 1. The van der Waals surface area contributed by atoms with Gasteiger partial charge in [0.25, 0.3) is 0 Å². The molecular formula is C13H25NO3. The van der Waals surface area contributed by atoms with Crippen molar-refractivity contribution in [1.29, 1.82) is 0 Å². The van der Waals surface area contributed by atoms with Gasteiger partial charge in [0.1, 0.15) is 6.10 Å². The third kappa shape index (κ3) is 4.64. The van der Waals surface area contributed by atoms with Gasteiger partial charge in [0.2, 0.25) is 0 Å². The van der Waals surface area contributed by atoms with Gasteiger partial charge in [0.15, 0.2) is 0 Å². The van der Waals surface area contributed by atoms with Crippen molar-refractivity contribution in [3.63, 3.8) is 0 Å². The Hall–Kier alpha value is -0.610. The lowest BCUT2D eigenvalue weighted by molar-refractivity contribution is -0.158. The van der Waals surface area contributed by atoms with E-state index in [9.17, 15) is 9.90 Å². The van der Waals surface area contributed by atoms with Crippen LogP contribution in [-0.2, 0) is 9.53 Å². The highest BCUT2D eigenvalue weighted by atomic mass is 16.5. The largest absolute Gasteiger partial charge is 0.462 e. The number of ether oxygens (including phenoxy) is 1. The van der Waals surface area contributed by atoms with E-state index in [1.54, 1.807) is 6.92 Å². The van der Waals surface area contributed by atoms with Crippen molar-refractivity contribution in [3.8, 4) is 0 Å². The minimum Gasteiger partial charge on any atom is -0.462 e. The lowest BCUT2D eigenvalue weighted by Crippen LogP contribution is -2.39. The first-order valence-corrected chi connectivity index (χ1v) is 6.60. The van der Waals surface area contributed by atoms with E-state index in [0.29, 0.717) is 5.92 Å². The maximum Gasteiger partial charge on any atom is 0.309 e. The topological polar surface area (TPSA) is 72.5 Å². The van der Waals surface area contributed by atoms with Crippen LogP contribution in [0.25, 0.3) is 0 Å². The molecule has 1 aliphatic carbocycles. The van der Waals surface area contributed by atoms with Gasteiger partial charge in [-0.3, -0.25) is 4.79 Å². The molecule has 100 valence electrons. The van der Waals surface area contributed by atoms with E-state index in [0.717, 1.165) is 25.7 Å². The van der Waals surface area contributed by atoms with Gasteiger partial charge in [-0.05, 0) is 38.5 Å². The molecule has 1 aliphatic rings. The molecule has 3 unspecified atom stereocenters. The molecule has 1 rings (SSSR count). The third-order valence-electron chi connectivity index (χ3n) is 3.61. The second-order valence-electron chi connectivity index (χ2n) is 5.36. The summed E-state index contributed by atoms with van der Waals surface area (Å²) in [5.41, 5.74) is 4.24. The van der Waals surface area contributed by atoms with E-state index in [4.69, 9.17) is 10.5 Å². The fourth-order valence-electron chi connectivity index (χ4n) is 2.39. The maximum atomic E-state index is 11.7. The third-order valence-corrected chi connectivity index (χ3v) is 3.61. The van der Waals surface area contributed by atoms with E-state index in [1.165, 1.54) is 6.42 Å². The molecule has 3 N–H and O–H groups in total. The lowest BCUT2D eigenvalue weighted by atomic mass is 9.84. The molecule has 0 spiro atoms. The van der Waals surface area contributed by atoms with Crippen LogP contribution >= 0.6 is 0 Å². The Bertz CT molecular complexity index is 253.